The van der Waals surface area contributed by atoms with E-state index in [1.807, 2.05) is 7.05 Å². The number of piperazine rings is 1. The Hall–Kier alpha value is -1.31. The van der Waals surface area contributed by atoms with Crippen molar-refractivity contribution < 1.29 is 8.78 Å². The summed E-state index contributed by atoms with van der Waals surface area (Å²) in [5.74, 6) is -1.94. The van der Waals surface area contributed by atoms with Crippen molar-refractivity contribution in [1.29, 1.82) is 0 Å². The molecule has 1 atom stereocenters. The van der Waals surface area contributed by atoms with Crippen LogP contribution in [0.1, 0.15) is 5.56 Å². The van der Waals surface area contributed by atoms with Crippen molar-refractivity contribution in [3.05, 3.63) is 29.3 Å². The summed E-state index contributed by atoms with van der Waals surface area (Å²) in [6.45, 7) is 3.40. The van der Waals surface area contributed by atoms with E-state index in [1.54, 1.807) is 0 Å². The largest absolute Gasteiger partial charge is 0.389 e. The predicted molar refractivity (Wildman–Crippen MR) is 84.7 cm³/mol. The number of nitrogens with one attached hydrogen (secondary N) is 1. The predicted octanol–water partition coefficient (Wildman–Crippen LogP) is 1.26. The van der Waals surface area contributed by atoms with E-state index in [2.05, 4.69) is 34.4 Å². The summed E-state index contributed by atoms with van der Waals surface area (Å²) in [5.41, 5.74) is 5.42. The Balaban J connectivity index is 2.06. The van der Waals surface area contributed by atoms with Gasteiger partial charge in [0, 0.05) is 37.8 Å². The Morgan fingerprint density at radius 3 is 2.71 bits per heavy atom. The summed E-state index contributed by atoms with van der Waals surface area (Å²) in [6, 6.07) is 3.13. The third-order valence-electron chi connectivity index (χ3n) is 3.86. The summed E-state index contributed by atoms with van der Waals surface area (Å²) < 4.78 is 27.8. The Morgan fingerprint density at radius 1 is 1.33 bits per heavy atom. The maximum Gasteiger partial charge on any atom is 0.182 e. The first-order valence-electron chi connectivity index (χ1n) is 6.80. The van der Waals surface area contributed by atoms with Gasteiger partial charge >= 0.3 is 0 Å². The molecular formula is C14H20F2N4S. The number of anilines is 1. The normalized spacial score (nSPS) is 20.5. The SMILES string of the molecule is CN1CCN(C)C(CNc2ccc(C(N)=S)c(F)c2F)C1. The minimum absolute atomic E-state index is 0.0671. The molecule has 1 saturated heterocycles. The Kier molecular flexibility index (Phi) is 5.08. The van der Waals surface area contributed by atoms with Crippen LogP contribution in [0.5, 0.6) is 0 Å². The lowest BCUT2D eigenvalue weighted by Gasteiger charge is -2.37. The fourth-order valence-electron chi connectivity index (χ4n) is 2.43. The molecule has 0 bridgehead atoms. The zero-order valence-corrected chi connectivity index (χ0v) is 13.0. The van der Waals surface area contributed by atoms with Gasteiger partial charge in [0.05, 0.1) is 5.69 Å². The lowest BCUT2D eigenvalue weighted by Crippen LogP contribution is -2.52. The molecule has 1 heterocycles. The number of hydrogen-bond donors (Lipinski definition) is 2. The lowest BCUT2D eigenvalue weighted by molar-refractivity contribution is 0.122. The monoisotopic (exact) mass is 314 g/mol. The zero-order chi connectivity index (χ0) is 15.6. The third kappa shape index (κ3) is 3.66. The van der Waals surface area contributed by atoms with Crippen LogP contribution in [0.25, 0.3) is 0 Å². The van der Waals surface area contributed by atoms with Crippen LogP contribution in [0.3, 0.4) is 0 Å². The minimum atomic E-state index is -0.999. The number of rotatable bonds is 4. The van der Waals surface area contributed by atoms with Crippen molar-refractivity contribution in [1.82, 2.24) is 9.80 Å². The molecule has 1 aromatic carbocycles. The second kappa shape index (κ2) is 6.64. The highest BCUT2D eigenvalue weighted by atomic mass is 32.1. The Bertz CT molecular complexity index is 538. The molecule has 116 valence electrons. The highest BCUT2D eigenvalue weighted by molar-refractivity contribution is 7.80. The fourth-order valence-corrected chi connectivity index (χ4v) is 2.58. The van der Waals surface area contributed by atoms with Crippen LogP contribution in [0, 0.1) is 11.6 Å². The summed E-state index contributed by atoms with van der Waals surface area (Å²) >= 11 is 4.69. The van der Waals surface area contributed by atoms with Crippen LogP contribution in [0.2, 0.25) is 0 Å². The lowest BCUT2D eigenvalue weighted by atomic mass is 10.1. The second-order valence-electron chi connectivity index (χ2n) is 5.43. The van der Waals surface area contributed by atoms with Crippen molar-refractivity contribution >= 4 is 22.9 Å². The fraction of sp³-hybridized carbons (Fsp3) is 0.500. The van der Waals surface area contributed by atoms with E-state index in [0.29, 0.717) is 6.54 Å². The Morgan fingerprint density at radius 2 is 2.05 bits per heavy atom. The minimum Gasteiger partial charge on any atom is -0.389 e. The summed E-state index contributed by atoms with van der Waals surface area (Å²) in [4.78, 5) is 4.29. The second-order valence-corrected chi connectivity index (χ2v) is 5.87. The van der Waals surface area contributed by atoms with Crippen molar-refractivity contribution in [2.45, 2.75) is 6.04 Å². The first-order valence-corrected chi connectivity index (χ1v) is 7.21. The van der Waals surface area contributed by atoms with Crippen LogP contribution in [0.15, 0.2) is 12.1 Å². The van der Waals surface area contributed by atoms with E-state index in [9.17, 15) is 8.78 Å². The maximum atomic E-state index is 14.0. The number of hydrogen-bond acceptors (Lipinski definition) is 4. The van der Waals surface area contributed by atoms with E-state index in [0.717, 1.165) is 19.6 Å². The average Bonchev–Trinajstić information content (AvgIpc) is 2.43. The topological polar surface area (TPSA) is 44.5 Å². The quantitative estimate of drug-likeness (QED) is 0.819. The zero-order valence-electron chi connectivity index (χ0n) is 12.2. The van der Waals surface area contributed by atoms with Gasteiger partial charge in [-0.25, -0.2) is 8.78 Å². The molecule has 0 amide bonds. The van der Waals surface area contributed by atoms with Crippen LogP contribution < -0.4 is 11.1 Å². The van der Waals surface area contributed by atoms with Crippen molar-refractivity contribution in [3.8, 4) is 0 Å². The van der Waals surface area contributed by atoms with Gasteiger partial charge in [-0.1, -0.05) is 12.2 Å². The van der Waals surface area contributed by atoms with Gasteiger partial charge in [0.15, 0.2) is 11.6 Å². The van der Waals surface area contributed by atoms with E-state index >= 15 is 0 Å². The smallest absolute Gasteiger partial charge is 0.182 e. The molecule has 1 aliphatic rings. The maximum absolute atomic E-state index is 14.0. The van der Waals surface area contributed by atoms with Crippen LogP contribution >= 0.6 is 12.2 Å². The van der Waals surface area contributed by atoms with Gasteiger partial charge in [-0.15, -0.1) is 0 Å². The number of thiocarbonyl (C=S) groups is 1. The number of likely N-dealkylation sites (N-methyl/N-ethyl adjacent to an activating group) is 2. The molecule has 1 aliphatic heterocycles. The standard InChI is InChI=1S/C14H20F2N4S/c1-19-5-6-20(2)9(8-19)7-18-11-4-3-10(14(17)21)12(15)13(11)16/h3-4,9,18H,5-8H2,1-2H3,(H2,17,21). The number of halogens is 2. The van der Waals surface area contributed by atoms with E-state index < -0.39 is 11.6 Å². The molecule has 3 N–H and O–H groups in total. The molecule has 7 heteroatoms. The number of nitrogens with two attached hydrogens (primary N) is 1. The molecule has 4 nitrogen and oxygen atoms in total. The molecule has 0 spiro atoms. The molecule has 0 aromatic heterocycles. The van der Waals surface area contributed by atoms with Crippen molar-refractivity contribution in [2.75, 3.05) is 45.6 Å². The van der Waals surface area contributed by atoms with Crippen LogP contribution in [-0.4, -0.2) is 61.1 Å². The third-order valence-corrected chi connectivity index (χ3v) is 4.08. The molecule has 21 heavy (non-hydrogen) atoms. The van der Waals surface area contributed by atoms with E-state index in [4.69, 9.17) is 5.73 Å². The molecule has 0 saturated carbocycles. The molecule has 1 fully saturated rings. The van der Waals surface area contributed by atoms with E-state index in [1.165, 1.54) is 12.1 Å². The molecule has 0 aliphatic carbocycles. The molecule has 1 unspecified atom stereocenters. The number of benzene rings is 1. The van der Waals surface area contributed by atoms with Crippen molar-refractivity contribution in [2.24, 2.45) is 5.73 Å². The van der Waals surface area contributed by atoms with Gasteiger partial charge < -0.3 is 16.0 Å². The van der Waals surface area contributed by atoms with Gasteiger partial charge in [-0.2, -0.15) is 0 Å². The molecule has 1 aromatic rings. The first-order chi connectivity index (χ1) is 9.90. The number of nitrogens with zero attached hydrogens (tertiary/aromatic N) is 2. The van der Waals surface area contributed by atoms with Crippen LogP contribution in [-0.2, 0) is 0 Å². The average molecular weight is 314 g/mol. The first kappa shape index (κ1) is 16.1. The summed E-state index contributed by atoms with van der Waals surface area (Å²) in [5, 5.41) is 2.97. The highest BCUT2D eigenvalue weighted by Gasteiger charge is 2.22. The summed E-state index contributed by atoms with van der Waals surface area (Å²) in [6.07, 6.45) is 0. The van der Waals surface area contributed by atoms with Gasteiger partial charge in [0.2, 0.25) is 0 Å². The van der Waals surface area contributed by atoms with Gasteiger partial charge in [-0.05, 0) is 26.2 Å². The highest BCUT2D eigenvalue weighted by Crippen LogP contribution is 2.21. The van der Waals surface area contributed by atoms with E-state index in [-0.39, 0.29) is 22.3 Å². The van der Waals surface area contributed by atoms with Crippen LogP contribution in [0.4, 0.5) is 14.5 Å². The molecule has 2 rings (SSSR count). The van der Waals surface area contributed by atoms with Gasteiger partial charge in [-0.3, -0.25) is 4.90 Å². The van der Waals surface area contributed by atoms with Crippen molar-refractivity contribution in [3.63, 3.8) is 0 Å². The molecular weight excluding hydrogens is 294 g/mol. The van der Waals surface area contributed by atoms with Gasteiger partial charge in [0.1, 0.15) is 4.99 Å². The van der Waals surface area contributed by atoms with Gasteiger partial charge in [0.25, 0.3) is 0 Å². The Labute approximate surface area is 128 Å². The summed E-state index contributed by atoms with van der Waals surface area (Å²) in [7, 11) is 4.09. The molecule has 0 radical (unpaired) electrons.